The van der Waals surface area contributed by atoms with Crippen LogP contribution in [-0.4, -0.2) is 10.1 Å². The number of hydrogen-bond acceptors (Lipinski definition) is 3. The van der Waals surface area contributed by atoms with Crippen molar-refractivity contribution in [2.45, 2.75) is 19.7 Å². The first-order chi connectivity index (χ1) is 8.79. The van der Waals surface area contributed by atoms with Crippen molar-refractivity contribution in [3.63, 3.8) is 0 Å². The van der Waals surface area contributed by atoms with E-state index in [2.05, 4.69) is 10.3 Å². The average Bonchev–Trinajstić information content (AvgIpc) is 2.42. The van der Waals surface area contributed by atoms with Gasteiger partial charge in [0.05, 0.1) is 6.61 Å². The van der Waals surface area contributed by atoms with E-state index in [9.17, 15) is 4.39 Å². The highest BCUT2D eigenvalue weighted by Crippen LogP contribution is 2.10. The Morgan fingerprint density at radius 3 is 2.72 bits per heavy atom. The molecule has 0 aliphatic rings. The third-order valence-corrected chi connectivity index (χ3v) is 2.66. The SMILES string of the molecule is OCc1cc(CNCc2cccnc2)ccc1F. The molecule has 0 atom stereocenters. The summed E-state index contributed by atoms with van der Waals surface area (Å²) < 4.78 is 13.2. The van der Waals surface area contributed by atoms with E-state index >= 15 is 0 Å². The van der Waals surface area contributed by atoms with E-state index < -0.39 is 0 Å². The summed E-state index contributed by atoms with van der Waals surface area (Å²) in [6, 6.07) is 8.64. The van der Waals surface area contributed by atoms with E-state index in [-0.39, 0.29) is 12.4 Å². The highest BCUT2D eigenvalue weighted by molar-refractivity contribution is 5.24. The van der Waals surface area contributed by atoms with Gasteiger partial charge in [-0.1, -0.05) is 12.1 Å². The van der Waals surface area contributed by atoms with Gasteiger partial charge in [0, 0.05) is 31.0 Å². The molecule has 0 spiro atoms. The number of halogens is 1. The first-order valence-corrected chi connectivity index (χ1v) is 5.77. The molecule has 0 saturated heterocycles. The zero-order valence-corrected chi connectivity index (χ0v) is 9.94. The van der Waals surface area contributed by atoms with Crippen molar-refractivity contribution >= 4 is 0 Å². The van der Waals surface area contributed by atoms with Gasteiger partial charge >= 0.3 is 0 Å². The minimum Gasteiger partial charge on any atom is -0.392 e. The summed E-state index contributed by atoms with van der Waals surface area (Å²) in [7, 11) is 0. The summed E-state index contributed by atoms with van der Waals surface area (Å²) in [6.45, 7) is 1.06. The predicted octanol–water partition coefficient (Wildman–Crippen LogP) is 2.00. The van der Waals surface area contributed by atoms with E-state index in [1.165, 1.54) is 6.07 Å². The Kier molecular flexibility index (Phi) is 4.39. The number of aliphatic hydroxyl groups is 1. The van der Waals surface area contributed by atoms with Gasteiger partial charge in [-0.05, 0) is 29.3 Å². The smallest absolute Gasteiger partial charge is 0.128 e. The minimum atomic E-state index is -0.367. The van der Waals surface area contributed by atoms with E-state index in [4.69, 9.17) is 5.11 Å². The van der Waals surface area contributed by atoms with Gasteiger partial charge in [0.25, 0.3) is 0 Å². The van der Waals surface area contributed by atoms with Crippen LogP contribution in [0.4, 0.5) is 4.39 Å². The molecule has 0 aliphatic carbocycles. The maximum atomic E-state index is 13.2. The maximum absolute atomic E-state index is 13.2. The van der Waals surface area contributed by atoms with Crippen molar-refractivity contribution in [3.8, 4) is 0 Å². The molecular formula is C14H15FN2O. The number of aromatic nitrogens is 1. The van der Waals surface area contributed by atoms with Crippen molar-refractivity contribution in [1.29, 1.82) is 0 Å². The second-order valence-electron chi connectivity index (χ2n) is 4.05. The lowest BCUT2D eigenvalue weighted by molar-refractivity contribution is 0.275. The summed E-state index contributed by atoms with van der Waals surface area (Å²) in [6.07, 6.45) is 3.54. The largest absolute Gasteiger partial charge is 0.392 e. The predicted molar refractivity (Wildman–Crippen MR) is 67.1 cm³/mol. The van der Waals surface area contributed by atoms with Crippen LogP contribution in [0.15, 0.2) is 42.7 Å². The van der Waals surface area contributed by atoms with E-state index in [1.54, 1.807) is 24.5 Å². The Labute approximate surface area is 105 Å². The van der Waals surface area contributed by atoms with Crippen LogP contribution in [0.1, 0.15) is 16.7 Å². The molecule has 1 aromatic heterocycles. The summed E-state index contributed by atoms with van der Waals surface area (Å²) in [4.78, 5) is 4.03. The number of rotatable bonds is 5. The molecule has 0 unspecified atom stereocenters. The van der Waals surface area contributed by atoms with Crippen molar-refractivity contribution in [1.82, 2.24) is 10.3 Å². The second kappa shape index (κ2) is 6.23. The zero-order chi connectivity index (χ0) is 12.8. The third-order valence-electron chi connectivity index (χ3n) is 2.66. The molecule has 0 saturated carbocycles. The molecule has 2 rings (SSSR count). The Bertz CT molecular complexity index is 502. The highest BCUT2D eigenvalue weighted by atomic mass is 19.1. The fourth-order valence-electron chi connectivity index (χ4n) is 1.71. The molecule has 1 heterocycles. The molecule has 1 aromatic carbocycles. The quantitative estimate of drug-likeness (QED) is 0.848. The molecule has 94 valence electrons. The molecule has 18 heavy (non-hydrogen) atoms. The fraction of sp³-hybridized carbons (Fsp3) is 0.214. The standard InChI is InChI=1S/C14H15FN2O/c15-14-4-3-11(6-13(14)10-18)7-17-9-12-2-1-5-16-8-12/h1-6,8,17-18H,7,9-10H2. The summed E-state index contributed by atoms with van der Waals surface area (Å²) in [5.74, 6) is -0.367. The molecule has 0 amide bonds. The number of hydrogen-bond donors (Lipinski definition) is 2. The van der Waals surface area contributed by atoms with Crippen molar-refractivity contribution in [3.05, 3.63) is 65.2 Å². The van der Waals surface area contributed by atoms with Crippen LogP contribution in [-0.2, 0) is 19.7 Å². The zero-order valence-electron chi connectivity index (χ0n) is 9.94. The minimum absolute atomic E-state index is 0.276. The Morgan fingerprint density at radius 2 is 2.00 bits per heavy atom. The lowest BCUT2D eigenvalue weighted by atomic mass is 10.1. The van der Waals surface area contributed by atoms with Crippen LogP contribution in [0, 0.1) is 5.82 Å². The van der Waals surface area contributed by atoms with Gasteiger partial charge in [-0.2, -0.15) is 0 Å². The average molecular weight is 246 g/mol. The monoisotopic (exact) mass is 246 g/mol. The van der Waals surface area contributed by atoms with Gasteiger partial charge in [0.15, 0.2) is 0 Å². The van der Waals surface area contributed by atoms with Crippen molar-refractivity contribution in [2.75, 3.05) is 0 Å². The topological polar surface area (TPSA) is 45.1 Å². The number of benzene rings is 1. The first-order valence-electron chi connectivity index (χ1n) is 5.77. The molecular weight excluding hydrogens is 231 g/mol. The lowest BCUT2D eigenvalue weighted by Crippen LogP contribution is -2.13. The Morgan fingerprint density at radius 1 is 1.17 bits per heavy atom. The third kappa shape index (κ3) is 3.35. The summed E-state index contributed by atoms with van der Waals surface area (Å²) in [5, 5.41) is 12.2. The van der Waals surface area contributed by atoms with E-state index in [1.807, 2.05) is 12.1 Å². The maximum Gasteiger partial charge on any atom is 0.128 e. The fourth-order valence-corrected chi connectivity index (χ4v) is 1.71. The van der Waals surface area contributed by atoms with Gasteiger partial charge < -0.3 is 10.4 Å². The van der Waals surface area contributed by atoms with Crippen LogP contribution in [0.25, 0.3) is 0 Å². The molecule has 3 nitrogen and oxygen atoms in total. The van der Waals surface area contributed by atoms with Crippen LogP contribution in [0.2, 0.25) is 0 Å². The van der Waals surface area contributed by atoms with Crippen LogP contribution in [0.3, 0.4) is 0 Å². The number of aliphatic hydroxyl groups excluding tert-OH is 1. The molecule has 0 radical (unpaired) electrons. The lowest BCUT2D eigenvalue weighted by Gasteiger charge is -2.07. The molecule has 2 N–H and O–H groups in total. The molecule has 2 aromatic rings. The van der Waals surface area contributed by atoms with Crippen LogP contribution in [0.5, 0.6) is 0 Å². The highest BCUT2D eigenvalue weighted by Gasteiger charge is 2.02. The molecule has 4 heteroatoms. The normalized spacial score (nSPS) is 10.6. The molecule has 0 aliphatic heterocycles. The molecule has 0 bridgehead atoms. The summed E-state index contributed by atoms with van der Waals surface area (Å²) in [5.41, 5.74) is 2.38. The second-order valence-corrected chi connectivity index (χ2v) is 4.05. The molecule has 0 fully saturated rings. The van der Waals surface area contributed by atoms with Gasteiger partial charge in [-0.3, -0.25) is 4.98 Å². The first kappa shape index (κ1) is 12.7. The van der Waals surface area contributed by atoms with Gasteiger partial charge in [-0.25, -0.2) is 4.39 Å². The number of nitrogens with zero attached hydrogens (tertiary/aromatic N) is 1. The number of nitrogens with one attached hydrogen (secondary N) is 1. The Hall–Kier alpha value is -1.78. The summed E-state index contributed by atoms with van der Waals surface area (Å²) >= 11 is 0. The Balaban J connectivity index is 1.91. The van der Waals surface area contributed by atoms with Crippen molar-refractivity contribution < 1.29 is 9.50 Å². The van der Waals surface area contributed by atoms with Crippen molar-refractivity contribution in [2.24, 2.45) is 0 Å². The van der Waals surface area contributed by atoms with Crippen LogP contribution < -0.4 is 5.32 Å². The van der Waals surface area contributed by atoms with E-state index in [0.717, 1.165) is 11.1 Å². The van der Waals surface area contributed by atoms with E-state index in [0.29, 0.717) is 18.7 Å². The van der Waals surface area contributed by atoms with Gasteiger partial charge in [-0.15, -0.1) is 0 Å². The van der Waals surface area contributed by atoms with Gasteiger partial charge in [0.2, 0.25) is 0 Å². The number of pyridine rings is 1. The van der Waals surface area contributed by atoms with Gasteiger partial charge in [0.1, 0.15) is 5.82 Å². The van der Waals surface area contributed by atoms with Crippen LogP contribution >= 0.6 is 0 Å².